The lowest BCUT2D eigenvalue weighted by Gasteiger charge is -2.10. The minimum absolute atomic E-state index is 0.0710. The molecular formula is C15H17N5O3S. The molecule has 4 rings (SSSR count). The maximum absolute atomic E-state index is 12.3. The Balaban J connectivity index is 1.53. The Kier molecular flexibility index (Phi) is 3.60. The van der Waals surface area contributed by atoms with Gasteiger partial charge in [-0.25, -0.2) is 13.1 Å². The zero-order chi connectivity index (χ0) is 16.7. The van der Waals surface area contributed by atoms with Crippen LogP contribution in [0.3, 0.4) is 0 Å². The van der Waals surface area contributed by atoms with Gasteiger partial charge in [-0.15, -0.1) is 5.10 Å². The number of nitrogens with one attached hydrogen (secondary N) is 1. The highest BCUT2D eigenvalue weighted by molar-refractivity contribution is 7.91. The summed E-state index contributed by atoms with van der Waals surface area (Å²) < 4.78 is 24.8. The molecule has 2 heterocycles. The van der Waals surface area contributed by atoms with Gasteiger partial charge in [-0.2, -0.15) is 0 Å². The molecule has 1 aromatic heterocycles. The fourth-order valence-electron chi connectivity index (χ4n) is 2.93. The highest BCUT2D eigenvalue weighted by Gasteiger charge is 2.33. The van der Waals surface area contributed by atoms with E-state index in [1.54, 1.807) is 6.07 Å². The molecule has 1 unspecified atom stereocenters. The number of hydrogen-bond acceptors (Lipinski definition) is 6. The van der Waals surface area contributed by atoms with E-state index < -0.39 is 15.8 Å². The van der Waals surface area contributed by atoms with E-state index in [0.717, 1.165) is 18.4 Å². The van der Waals surface area contributed by atoms with E-state index in [4.69, 9.17) is 0 Å². The van der Waals surface area contributed by atoms with Crippen molar-refractivity contribution >= 4 is 21.4 Å². The van der Waals surface area contributed by atoms with Gasteiger partial charge in [0.2, 0.25) is 5.91 Å². The molecule has 1 saturated carbocycles. The SMILES string of the molecule is O=C(Nc1cccc(-c2nnnn2C2CC2)c1)C1CCS(=O)(=O)C1. The molecule has 2 aromatic rings. The molecule has 1 amide bonds. The van der Waals surface area contributed by atoms with E-state index in [-0.39, 0.29) is 17.4 Å². The number of sulfone groups is 1. The average Bonchev–Trinajstić information content (AvgIpc) is 3.15. The van der Waals surface area contributed by atoms with Gasteiger partial charge in [0, 0.05) is 11.3 Å². The first kappa shape index (κ1) is 15.3. The third-order valence-electron chi connectivity index (χ3n) is 4.38. The minimum atomic E-state index is -3.08. The molecule has 1 aromatic carbocycles. The van der Waals surface area contributed by atoms with E-state index in [0.29, 0.717) is 24.0 Å². The molecule has 24 heavy (non-hydrogen) atoms. The van der Waals surface area contributed by atoms with Crippen molar-refractivity contribution in [2.75, 3.05) is 16.8 Å². The van der Waals surface area contributed by atoms with Crippen LogP contribution < -0.4 is 5.32 Å². The standard InChI is InChI=1S/C15H17N5O3S/c21-15(11-6-7-24(22,23)9-11)16-12-3-1-2-10(8-12)14-17-18-19-20(14)13-4-5-13/h1-3,8,11,13H,4-7,9H2,(H,16,21). The Morgan fingerprint density at radius 2 is 2.08 bits per heavy atom. The minimum Gasteiger partial charge on any atom is -0.326 e. The monoisotopic (exact) mass is 347 g/mol. The molecule has 2 fully saturated rings. The van der Waals surface area contributed by atoms with Gasteiger partial charge in [0.25, 0.3) is 0 Å². The molecule has 1 atom stereocenters. The van der Waals surface area contributed by atoms with Crippen LogP contribution in [0.25, 0.3) is 11.4 Å². The number of tetrazole rings is 1. The van der Waals surface area contributed by atoms with E-state index in [9.17, 15) is 13.2 Å². The molecule has 1 aliphatic carbocycles. The van der Waals surface area contributed by atoms with Gasteiger partial charge in [-0.1, -0.05) is 12.1 Å². The van der Waals surface area contributed by atoms with Gasteiger partial charge in [0.1, 0.15) is 0 Å². The largest absolute Gasteiger partial charge is 0.326 e. The highest BCUT2D eigenvalue weighted by atomic mass is 32.2. The first-order valence-corrected chi connectivity index (χ1v) is 9.73. The number of hydrogen-bond donors (Lipinski definition) is 1. The number of aromatic nitrogens is 4. The van der Waals surface area contributed by atoms with Crippen molar-refractivity contribution < 1.29 is 13.2 Å². The van der Waals surface area contributed by atoms with Gasteiger partial charge in [-0.3, -0.25) is 4.79 Å². The first-order chi connectivity index (χ1) is 11.5. The van der Waals surface area contributed by atoms with Gasteiger partial charge in [-0.05, 0) is 41.8 Å². The number of benzene rings is 1. The zero-order valence-corrected chi connectivity index (χ0v) is 13.7. The molecule has 0 spiro atoms. The number of rotatable bonds is 4. The summed E-state index contributed by atoms with van der Waals surface area (Å²) in [6.45, 7) is 0. The summed E-state index contributed by atoms with van der Waals surface area (Å²) in [6, 6.07) is 7.65. The van der Waals surface area contributed by atoms with E-state index >= 15 is 0 Å². The summed E-state index contributed by atoms with van der Waals surface area (Å²) in [6.07, 6.45) is 2.53. The fourth-order valence-corrected chi connectivity index (χ4v) is 4.67. The van der Waals surface area contributed by atoms with Gasteiger partial charge >= 0.3 is 0 Å². The summed E-state index contributed by atoms with van der Waals surface area (Å²) >= 11 is 0. The van der Waals surface area contributed by atoms with Crippen molar-refractivity contribution in [2.45, 2.75) is 25.3 Å². The van der Waals surface area contributed by atoms with E-state index in [1.165, 1.54) is 0 Å². The number of nitrogens with zero attached hydrogens (tertiary/aromatic N) is 4. The summed E-state index contributed by atoms with van der Waals surface area (Å²) in [4.78, 5) is 12.3. The molecular weight excluding hydrogens is 330 g/mol. The smallest absolute Gasteiger partial charge is 0.228 e. The van der Waals surface area contributed by atoms with Crippen LogP contribution in [0.4, 0.5) is 5.69 Å². The Bertz CT molecular complexity index is 888. The van der Waals surface area contributed by atoms with Gasteiger partial charge in [0.05, 0.1) is 23.5 Å². The number of anilines is 1. The normalized spacial score (nSPS) is 22.4. The molecule has 0 bridgehead atoms. The average molecular weight is 347 g/mol. The molecule has 1 N–H and O–H groups in total. The summed E-state index contributed by atoms with van der Waals surface area (Å²) in [5.41, 5.74) is 1.44. The van der Waals surface area contributed by atoms with Crippen LogP contribution in [-0.4, -0.2) is 46.0 Å². The first-order valence-electron chi connectivity index (χ1n) is 7.91. The number of carbonyl (C=O) groups excluding carboxylic acids is 1. The second-order valence-electron chi connectivity index (χ2n) is 6.35. The second kappa shape index (κ2) is 5.66. The maximum Gasteiger partial charge on any atom is 0.228 e. The number of carbonyl (C=O) groups is 1. The number of amides is 1. The molecule has 1 aliphatic heterocycles. The lowest BCUT2D eigenvalue weighted by molar-refractivity contribution is -0.119. The summed E-state index contributed by atoms with van der Waals surface area (Å²) in [5.74, 6) is -0.0396. The van der Waals surface area contributed by atoms with Crippen LogP contribution in [0, 0.1) is 5.92 Å². The van der Waals surface area contributed by atoms with Gasteiger partial charge < -0.3 is 5.32 Å². The molecule has 2 aliphatic rings. The van der Waals surface area contributed by atoms with Gasteiger partial charge in [0.15, 0.2) is 15.7 Å². The van der Waals surface area contributed by atoms with Crippen LogP contribution in [-0.2, 0) is 14.6 Å². The van der Waals surface area contributed by atoms with Crippen molar-refractivity contribution in [3.05, 3.63) is 24.3 Å². The second-order valence-corrected chi connectivity index (χ2v) is 8.58. The molecule has 126 valence electrons. The van der Waals surface area contributed by atoms with Crippen molar-refractivity contribution in [1.82, 2.24) is 20.2 Å². The van der Waals surface area contributed by atoms with Crippen LogP contribution in [0.1, 0.15) is 25.3 Å². The predicted octanol–water partition coefficient (Wildman–Crippen LogP) is 1.05. The Labute approximate surface area is 139 Å². The van der Waals surface area contributed by atoms with Crippen molar-refractivity contribution in [3.8, 4) is 11.4 Å². The van der Waals surface area contributed by atoms with Crippen LogP contribution in [0.2, 0.25) is 0 Å². The van der Waals surface area contributed by atoms with E-state index in [1.807, 2.05) is 22.9 Å². The van der Waals surface area contributed by atoms with Crippen LogP contribution in [0.5, 0.6) is 0 Å². The van der Waals surface area contributed by atoms with Crippen LogP contribution >= 0.6 is 0 Å². The topological polar surface area (TPSA) is 107 Å². The van der Waals surface area contributed by atoms with Crippen molar-refractivity contribution in [2.24, 2.45) is 5.92 Å². The Morgan fingerprint density at radius 3 is 2.79 bits per heavy atom. The quantitative estimate of drug-likeness (QED) is 0.886. The fraction of sp³-hybridized carbons (Fsp3) is 0.467. The third kappa shape index (κ3) is 3.03. The lowest BCUT2D eigenvalue weighted by Crippen LogP contribution is -2.23. The Morgan fingerprint density at radius 1 is 1.25 bits per heavy atom. The third-order valence-corrected chi connectivity index (χ3v) is 6.15. The summed E-state index contributed by atoms with van der Waals surface area (Å²) in [5, 5.41) is 14.6. The molecule has 8 nitrogen and oxygen atoms in total. The van der Waals surface area contributed by atoms with E-state index in [2.05, 4.69) is 20.8 Å². The maximum atomic E-state index is 12.3. The molecule has 9 heteroatoms. The van der Waals surface area contributed by atoms with Crippen LogP contribution in [0.15, 0.2) is 24.3 Å². The predicted molar refractivity (Wildman–Crippen MR) is 86.9 cm³/mol. The molecule has 0 radical (unpaired) electrons. The highest BCUT2D eigenvalue weighted by Crippen LogP contribution is 2.36. The zero-order valence-electron chi connectivity index (χ0n) is 12.9. The lowest BCUT2D eigenvalue weighted by atomic mass is 10.1. The molecule has 1 saturated heterocycles. The van der Waals surface area contributed by atoms with Crippen molar-refractivity contribution in [1.29, 1.82) is 0 Å². The summed E-state index contributed by atoms with van der Waals surface area (Å²) in [7, 11) is -3.08. The van der Waals surface area contributed by atoms with Crippen molar-refractivity contribution in [3.63, 3.8) is 0 Å². The Hall–Kier alpha value is -2.29.